The van der Waals surface area contributed by atoms with Gasteiger partial charge in [0.2, 0.25) is 0 Å². The Bertz CT molecular complexity index is 864. The third-order valence-corrected chi connectivity index (χ3v) is 7.91. The number of nitrogens with zero attached hydrogens (tertiary/aromatic N) is 2. The van der Waals surface area contributed by atoms with Gasteiger partial charge in [0.15, 0.2) is 0 Å². The number of likely N-dealkylation sites (tertiary alicyclic amines) is 1. The Morgan fingerprint density at radius 3 is 2.65 bits per heavy atom. The van der Waals surface area contributed by atoms with Crippen molar-refractivity contribution in [1.29, 1.82) is 0 Å². The van der Waals surface area contributed by atoms with Crippen LogP contribution < -0.4 is 4.74 Å². The average molecular weight is 443 g/mol. The lowest BCUT2D eigenvalue weighted by Gasteiger charge is -2.34. The summed E-state index contributed by atoms with van der Waals surface area (Å²) in [4.78, 5) is 5.20. The van der Waals surface area contributed by atoms with Gasteiger partial charge in [-0.3, -0.25) is 4.90 Å². The molecule has 3 aliphatic rings. The number of benzene rings is 2. The van der Waals surface area contributed by atoms with Crippen molar-refractivity contribution < 1.29 is 4.74 Å². The summed E-state index contributed by atoms with van der Waals surface area (Å²) >= 11 is 0. The largest absolute Gasteiger partial charge is 0.494 e. The fourth-order valence-electron chi connectivity index (χ4n) is 6.06. The van der Waals surface area contributed by atoms with Crippen LogP contribution in [0.15, 0.2) is 30.3 Å². The second-order valence-corrected chi connectivity index (χ2v) is 9.99. The van der Waals surface area contributed by atoms with Crippen molar-refractivity contribution in [3.8, 4) is 5.75 Å². The zero-order valence-corrected chi connectivity index (χ0v) is 20.0. The molecule has 2 aliphatic heterocycles. The third kappa shape index (κ3) is 5.38. The Balaban J connectivity index is 0.00000231. The molecule has 2 heterocycles. The van der Waals surface area contributed by atoms with E-state index in [9.17, 15) is 0 Å². The van der Waals surface area contributed by atoms with Crippen LogP contribution in [-0.2, 0) is 13.0 Å². The molecule has 2 fully saturated rings. The molecule has 1 aliphatic carbocycles. The molecule has 31 heavy (non-hydrogen) atoms. The Hall–Kier alpha value is -1.29. The third-order valence-electron chi connectivity index (χ3n) is 7.91. The van der Waals surface area contributed by atoms with E-state index in [1.807, 2.05) is 0 Å². The highest BCUT2D eigenvalue weighted by Gasteiger charge is 2.23. The molecule has 2 aromatic rings. The fraction of sp³-hybridized carbons (Fsp3) is 0.630. The van der Waals surface area contributed by atoms with E-state index in [4.69, 9.17) is 4.74 Å². The molecule has 170 valence electrons. The molecule has 0 aromatic heterocycles. The van der Waals surface area contributed by atoms with Crippen molar-refractivity contribution in [2.45, 2.75) is 70.4 Å². The minimum absolute atomic E-state index is 0. The predicted octanol–water partition coefficient (Wildman–Crippen LogP) is 6.06. The van der Waals surface area contributed by atoms with Crippen molar-refractivity contribution in [3.05, 3.63) is 41.5 Å². The lowest BCUT2D eigenvalue weighted by molar-refractivity contribution is 0.188. The van der Waals surface area contributed by atoms with Crippen molar-refractivity contribution in [1.82, 2.24) is 9.80 Å². The first-order valence-electron chi connectivity index (χ1n) is 12.4. The van der Waals surface area contributed by atoms with Gasteiger partial charge in [-0.05, 0) is 92.1 Å². The van der Waals surface area contributed by atoms with Gasteiger partial charge in [-0.2, -0.15) is 0 Å². The van der Waals surface area contributed by atoms with Gasteiger partial charge in [0.1, 0.15) is 5.75 Å². The van der Waals surface area contributed by atoms with Crippen LogP contribution in [0.5, 0.6) is 5.75 Å². The maximum absolute atomic E-state index is 6.15. The summed E-state index contributed by atoms with van der Waals surface area (Å²) in [5.41, 5.74) is 3.12. The quantitative estimate of drug-likeness (QED) is 0.540. The lowest BCUT2D eigenvalue weighted by Crippen LogP contribution is -2.35. The standard InChI is InChI=1S/C27H38N2O.ClH/c1-28-15-5-8-24(28)14-17-30-25-11-12-26-23(18-25)10-9-22-13-16-29(20-27(22)26)19-21-6-3-2-4-7-21;/h9-12,18,21,24H,2-8,13-17,19-20H2,1H3;1H. The van der Waals surface area contributed by atoms with Gasteiger partial charge in [0.25, 0.3) is 0 Å². The summed E-state index contributed by atoms with van der Waals surface area (Å²) in [5, 5.41) is 2.77. The number of hydrogen-bond donors (Lipinski definition) is 0. The van der Waals surface area contributed by atoms with Crippen LogP contribution in [0.3, 0.4) is 0 Å². The molecule has 3 nitrogen and oxygen atoms in total. The van der Waals surface area contributed by atoms with Crippen molar-refractivity contribution in [3.63, 3.8) is 0 Å². The molecule has 0 spiro atoms. The monoisotopic (exact) mass is 442 g/mol. The fourth-order valence-corrected chi connectivity index (χ4v) is 6.06. The Kier molecular flexibility index (Phi) is 7.79. The summed E-state index contributed by atoms with van der Waals surface area (Å²) < 4.78 is 6.15. The molecule has 0 amide bonds. The highest BCUT2D eigenvalue weighted by Crippen LogP contribution is 2.32. The molecule has 0 bridgehead atoms. The SMILES string of the molecule is CN1CCCC1CCOc1ccc2c3c(ccc2c1)CCN(CC1CCCCC1)C3.Cl. The normalized spacial score (nSPS) is 22.9. The van der Waals surface area contributed by atoms with E-state index in [0.29, 0.717) is 6.04 Å². The van der Waals surface area contributed by atoms with E-state index >= 15 is 0 Å². The smallest absolute Gasteiger partial charge is 0.119 e. The molecular formula is C27H39ClN2O. The molecule has 4 heteroatoms. The molecule has 2 aromatic carbocycles. The molecule has 0 radical (unpaired) electrons. The second kappa shape index (κ2) is 10.6. The van der Waals surface area contributed by atoms with E-state index in [0.717, 1.165) is 31.2 Å². The van der Waals surface area contributed by atoms with Gasteiger partial charge in [-0.1, -0.05) is 37.5 Å². The molecular weight excluding hydrogens is 404 g/mol. The van der Waals surface area contributed by atoms with Gasteiger partial charge in [0.05, 0.1) is 6.61 Å². The Morgan fingerprint density at radius 1 is 0.968 bits per heavy atom. The zero-order valence-electron chi connectivity index (χ0n) is 19.2. The predicted molar refractivity (Wildman–Crippen MR) is 133 cm³/mol. The van der Waals surface area contributed by atoms with Crippen LogP contribution in [0.2, 0.25) is 0 Å². The molecule has 5 rings (SSSR count). The van der Waals surface area contributed by atoms with Crippen LogP contribution in [0.25, 0.3) is 10.8 Å². The topological polar surface area (TPSA) is 15.7 Å². The molecule has 1 unspecified atom stereocenters. The minimum atomic E-state index is 0. The summed E-state index contributed by atoms with van der Waals surface area (Å²) in [6.07, 6.45) is 12.2. The number of fused-ring (bicyclic) bond motifs is 3. The number of halogens is 1. The van der Waals surface area contributed by atoms with Crippen molar-refractivity contribution in [2.24, 2.45) is 5.92 Å². The van der Waals surface area contributed by atoms with Crippen LogP contribution in [0, 0.1) is 5.92 Å². The average Bonchev–Trinajstić information content (AvgIpc) is 3.19. The first-order chi connectivity index (χ1) is 14.8. The van der Waals surface area contributed by atoms with Crippen LogP contribution in [0.1, 0.15) is 62.5 Å². The van der Waals surface area contributed by atoms with Crippen LogP contribution in [0.4, 0.5) is 0 Å². The van der Waals surface area contributed by atoms with Gasteiger partial charge in [-0.15, -0.1) is 12.4 Å². The maximum Gasteiger partial charge on any atom is 0.119 e. The molecule has 1 saturated carbocycles. The highest BCUT2D eigenvalue weighted by molar-refractivity contribution is 5.88. The summed E-state index contributed by atoms with van der Waals surface area (Å²) in [7, 11) is 2.24. The molecule has 1 atom stereocenters. The number of ether oxygens (including phenoxy) is 1. The van der Waals surface area contributed by atoms with Gasteiger partial charge < -0.3 is 9.64 Å². The lowest BCUT2D eigenvalue weighted by atomic mass is 9.87. The van der Waals surface area contributed by atoms with Crippen LogP contribution >= 0.6 is 12.4 Å². The van der Waals surface area contributed by atoms with E-state index in [1.165, 1.54) is 81.8 Å². The minimum Gasteiger partial charge on any atom is -0.494 e. The van der Waals surface area contributed by atoms with Crippen molar-refractivity contribution in [2.75, 3.05) is 33.3 Å². The van der Waals surface area contributed by atoms with E-state index in [-0.39, 0.29) is 12.4 Å². The zero-order chi connectivity index (χ0) is 20.3. The summed E-state index contributed by atoms with van der Waals surface area (Å²) in [6.45, 7) is 5.71. The van der Waals surface area contributed by atoms with Gasteiger partial charge in [-0.25, -0.2) is 0 Å². The van der Waals surface area contributed by atoms with Crippen LogP contribution in [-0.4, -0.2) is 49.1 Å². The Labute approximate surface area is 194 Å². The van der Waals surface area contributed by atoms with Crippen molar-refractivity contribution >= 4 is 23.2 Å². The van der Waals surface area contributed by atoms with Gasteiger partial charge in [0, 0.05) is 25.7 Å². The highest BCUT2D eigenvalue weighted by atomic mass is 35.5. The van der Waals surface area contributed by atoms with Gasteiger partial charge >= 0.3 is 0 Å². The first-order valence-corrected chi connectivity index (χ1v) is 12.4. The maximum atomic E-state index is 6.15. The number of hydrogen-bond acceptors (Lipinski definition) is 3. The Morgan fingerprint density at radius 2 is 1.84 bits per heavy atom. The molecule has 1 saturated heterocycles. The van der Waals surface area contributed by atoms with E-state index in [1.54, 1.807) is 11.1 Å². The first kappa shape index (κ1) is 22.9. The second-order valence-electron chi connectivity index (χ2n) is 9.99. The summed E-state index contributed by atoms with van der Waals surface area (Å²) in [6, 6.07) is 12.1. The summed E-state index contributed by atoms with van der Waals surface area (Å²) in [5.74, 6) is 1.95. The van der Waals surface area contributed by atoms with E-state index in [2.05, 4.69) is 47.2 Å². The van der Waals surface area contributed by atoms with E-state index < -0.39 is 0 Å². The number of rotatable bonds is 6. The molecule has 0 N–H and O–H groups in total.